The van der Waals surface area contributed by atoms with Gasteiger partial charge in [0.2, 0.25) is 0 Å². The Balaban J connectivity index is 1.98. The number of nitrogens with one attached hydrogen (secondary N) is 1. The van der Waals surface area contributed by atoms with E-state index in [1.165, 1.54) is 5.56 Å². The van der Waals surface area contributed by atoms with E-state index in [-0.39, 0.29) is 11.9 Å². The lowest BCUT2D eigenvalue weighted by atomic mass is 10.1. The van der Waals surface area contributed by atoms with Gasteiger partial charge in [-0.05, 0) is 57.5 Å². The van der Waals surface area contributed by atoms with Crippen LogP contribution in [0.3, 0.4) is 0 Å². The average Bonchev–Trinajstić information content (AvgIpc) is 2.95. The Labute approximate surface area is 157 Å². The summed E-state index contributed by atoms with van der Waals surface area (Å²) in [5.41, 5.74) is 4.06. The van der Waals surface area contributed by atoms with E-state index in [9.17, 15) is 4.79 Å². The van der Waals surface area contributed by atoms with Gasteiger partial charge in [-0.25, -0.2) is 0 Å². The Morgan fingerprint density at radius 3 is 2.31 bits per heavy atom. The molecule has 1 amide bonds. The number of benzene rings is 1. The van der Waals surface area contributed by atoms with Crippen LogP contribution in [0.15, 0.2) is 30.5 Å². The maximum atomic E-state index is 12.5. The van der Waals surface area contributed by atoms with Crippen LogP contribution in [0.25, 0.3) is 0 Å². The highest BCUT2D eigenvalue weighted by Gasteiger charge is 2.15. The third kappa shape index (κ3) is 5.18. The van der Waals surface area contributed by atoms with Crippen LogP contribution in [0.5, 0.6) is 0 Å². The normalized spacial score (nSPS) is 12.4. The molecule has 0 saturated heterocycles. The second kappa shape index (κ2) is 9.53. The zero-order valence-corrected chi connectivity index (χ0v) is 16.7. The number of carbonyl (C=O) groups is 1. The molecule has 5 nitrogen and oxygen atoms in total. The van der Waals surface area contributed by atoms with Gasteiger partial charge in [0, 0.05) is 30.4 Å². The second-order valence-corrected chi connectivity index (χ2v) is 6.98. The molecule has 26 heavy (non-hydrogen) atoms. The Bertz CT molecular complexity index is 699. The molecule has 1 aromatic heterocycles. The summed E-state index contributed by atoms with van der Waals surface area (Å²) in [5, 5.41) is 7.31. The predicted molar refractivity (Wildman–Crippen MR) is 106 cm³/mol. The Morgan fingerprint density at radius 2 is 1.81 bits per heavy atom. The molecule has 2 rings (SSSR count). The van der Waals surface area contributed by atoms with Crippen LogP contribution in [0.2, 0.25) is 0 Å². The molecular formula is C21H32N4O. The molecule has 2 aromatic rings. The van der Waals surface area contributed by atoms with Gasteiger partial charge in [0.1, 0.15) is 0 Å². The van der Waals surface area contributed by atoms with Crippen LogP contribution in [0.1, 0.15) is 66.8 Å². The quantitative estimate of drug-likeness (QED) is 0.743. The number of rotatable bonds is 9. The first-order chi connectivity index (χ1) is 12.5. The first-order valence-corrected chi connectivity index (χ1v) is 9.56. The van der Waals surface area contributed by atoms with Gasteiger partial charge in [-0.1, -0.05) is 26.0 Å². The Morgan fingerprint density at radius 1 is 1.19 bits per heavy atom. The van der Waals surface area contributed by atoms with Crippen LogP contribution in [-0.4, -0.2) is 33.7 Å². The van der Waals surface area contributed by atoms with Gasteiger partial charge in [-0.3, -0.25) is 14.4 Å². The average molecular weight is 357 g/mol. The number of amides is 1. The zero-order chi connectivity index (χ0) is 19.1. The molecule has 1 aromatic carbocycles. The molecule has 0 fully saturated rings. The lowest BCUT2D eigenvalue weighted by Crippen LogP contribution is -2.27. The summed E-state index contributed by atoms with van der Waals surface area (Å²) >= 11 is 0. The topological polar surface area (TPSA) is 50.2 Å². The van der Waals surface area contributed by atoms with Crippen LogP contribution < -0.4 is 5.32 Å². The molecule has 1 N–H and O–H groups in total. The van der Waals surface area contributed by atoms with Gasteiger partial charge in [0.15, 0.2) is 0 Å². The zero-order valence-electron chi connectivity index (χ0n) is 16.7. The molecule has 1 heterocycles. The molecule has 0 saturated carbocycles. The minimum Gasteiger partial charge on any atom is -0.345 e. The van der Waals surface area contributed by atoms with Gasteiger partial charge >= 0.3 is 0 Å². The van der Waals surface area contributed by atoms with Gasteiger partial charge in [0.05, 0.1) is 12.2 Å². The summed E-state index contributed by atoms with van der Waals surface area (Å²) in [6.45, 7) is 11.6. The molecule has 0 aliphatic carbocycles. The molecular weight excluding hydrogens is 324 g/mol. The smallest absolute Gasteiger partial charge is 0.251 e. The minimum atomic E-state index is -0.0690. The van der Waals surface area contributed by atoms with E-state index in [0.717, 1.165) is 43.7 Å². The maximum Gasteiger partial charge on any atom is 0.251 e. The number of carbonyl (C=O) groups excluding carboxylic acids is 1. The minimum absolute atomic E-state index is 0.0497. The predicted octanol–water partition coefficient (Wildman–Crippen LogP) is 3.84. The Kier molecular flexibility index (Phi) is 7.39. The van der Waals surface area contributed by atoms with Gasteiger partial charge < -0.3 is 5.32 Å². The number of aromatic nitrogens is 2. The fourth-order valence-corrected chi connectivity index (χ4v) is 3.22. The highest BCUT2D eigenvalue weighted by atomic mass is 16.1. The van der Waals surface area contributed by atoms with E-state index in [1.54, 1.807) is 0 Å². The summed E-state index contributed by atoms with van der Waals surface area (Å²) in [4.78, 5) is 15.0. The number of hydrogen-bond donors (Lipinski definition) is 1. The third-order valence-corrected chi connectivity index (χ3v) is 4.79. The number of nitrogens with zero attached hydrogens (tertiary/aromatic N) is 3. The second-order valence-electron chi connectivity index (χ2n) is 6.98. The SMILES string of the molecule is CCCN(CCC)Cc1ccc(C(=O)N[C@@H](C)c2cnn(C)c2C)cc1. The summed E-state index contributed by atoms with van der Waals surface area (Å²) in [5.74, 6) is -0.0497. The van der Waals surface area contributed by atoms with E-state index < -0.39 is 0 Å². The summed E-state index contributed by atoms with van der Waals surface area (Å²) in [6.07, 6.45) is 4.14. The van der Waals surface area contributed by atoms with Crippen molar-refractivity contribution in [3.63, 3.8) is 0 Å². The van der Waals surface area contributed by atoms with Crippen molar-refractivity contribution < 1.29 is 4.79 Å². The van der Waals surface area contributed by atoms with E-state index in [2.05, 4.69) is 41.3 Å². The molecule has 0 radical (unpaired) electrons. The van der Waals surface area contributed by atoms with E-state index >= 15 is 0 Å². The third-order valence-electron chi connectivity index (χ3n) is 4.79. The van der Waals surface area contributed by atoms with Crippen molar-refractivity contribution in [2.24, 2.45) is 7.05 Å². The summed E-state index contributed by atoms with van der Waals surface area (Å²) in [6, 6.07) is 7.90. The van der Waals surface area contributed by atoms with Crippen LogP contribution in [0.4, 0.5) is 0 Å². The van der Waals surface area contributed by atoms with Gasteiger partial charge in [-0.2, -0.15) is 5.10 Å². The van der Waals surface area contributed by atoms with Crippen molar-refractivity contribution in [1.82, 2.24) is 20.0 Å². The maximum absolute atomic E-state index is 12.5. The van der Waals surface area contributed by atoms with E-state index in [4.69, 9.17) is 0 Å². The standard InChI is InChI=1S/C21H32N4O/c1-6-12-25(13-7-2)15-18-8-10-19(11-9-18)21(26)23-16(3)20-14-22-24(5)17(20)4/h8-11,14,16H,6-7,12-13,15H2,1-5H3,(H,23,26)/t16-/m0/s1. The summed E-state index contributed by atoms with van der Waals surface area (Å²) < 4.78 is 1.82. The molecule has 5 heteroatoms. The van der Waals surface area contributed by atoms with Crippen molar-refractivity contribution in [2.45, 2.75) is 53.1 Å². The lowest BCUT2D eigenvalue weighted by molar-refractivity contribution is 0.0940. The molecule has 1 atom stereocenters. The highest BCUT2D eigenvalue weighted by Crippen LogP contribution is 2.17. The molecule has 0 aliphatic rings. The fraction of sp³-hybridized carbons (Fsp3) is 0.524. The number of hydrogen-bond acceptors (Lipinski definition) is 3. The molecule has 0 bridgehead atoms. The monoisotopic (exact) mass is 356 g/mol. The highest BCUT2D eigenvalue weighted by molar-refractivity contribution is 5.94. The van der Waals surface area contributed by atoms with Crippen molar-refractivity contribution >= 4 is 5.91 Å². The van der Waals surface area contributed by atoms with Crippen molar-refractivity contribution in [2.75, 3.05) is 13.1 Å². The van der Waals surface area contributed by atoms with Crippen LogP contribution in [0, 0.1) is 6.92 Å². The van der Waals surface area contributed by atoms with Crippen molar-refractivity contribution in [1.29, 1.82) is 0 Å². The first kappa shape index (κ1) is 20.2. The van der Waals surface area contributed by atoms with Gasteiger partial charge in [0.25, 0.3) is 5.91 Å². The largest absolute Gasteiger partial charge is 0.345 e. The fourth-order valence-electron chi connectivity index (χ4n) is 3.22. The molecule has 0 spiro atoms. The molecule has 0 aliphatic heterocycles. The van der Waals surface area contributed by atoms with Crippen LogP contribution >= 0.6 is 0 Å². The van der Waals surface area contributed by atoms with Gasteiger partial charge in [-0.15, -0.1) is 0 Å². The van der Waals surface area contributed by atoms with E-state index in [0.29, 0.717) is 5.56 Å². The molecule has 0 unspecified atom stereocenters. The van der Waals surface area contributed by atoms with Crippen molar-refractivity contribution in [3.05, 3.63) is 52.8 Å². The summed E-state index contributed by atoms with van der Waals surface area (Å²) in [7, 11) is 1.91. The first-order valence-electron chi connectivity index (χ1n) is 9.56. The van der Waals surface area contributed by atoms with Crippen LogP contribution in [-0.2, 0) is 13.6 Å². The Hall–Kier alpha value is -2.14. The molecule has 142 valence electrons. The lowest BCUT2D eigenvalue weighted by Gasteiger charge is -2.21. The van der Waals surface area contributed by atoms with Crippen molar-refractivity contribution in [3.8, 4) is 0 Å². The van der Waals surface area contributed by atoms with E-state index in [1.807, 2.05) is 43.9 Å². The number of aryl methyl sites for hydroxylation is 1.